The molecule has 0 bridgehead atoms. The van der Waals surface area contributed by atoms with E-state index in [0.717, 1.165) is 18.8 Å². The van der Waals surface area contributed by atoms with E-state index in [1.807, 2.05) is 0 Å². The first-order valence-corrected chi connectivity index (χ1v) is 6.77. The summed E-state index contributed by atoms with van der Waals surface area (Å²) < 4.78 is 0. The molecule has 0 aromatic heterocycles. The number of carbonyl (C=O) groups excluding carboxylic acids is 1. The van der Waals surface area contributed by atoms with Crippen molar-refractivity contribution >= 4 is 5.91 Å². The van der Waals surface area contributed by atoms with Gasteiger partial charge in [-0.3, -0.25) is 10.1 Å². The Morgan fingerprint density at radius 3 is 2.62 bits per heavy atom. The van der Waals surface area contributed by atoms with E-state index in [1.54, 1.807) is 0 Å². The molecule has 1 atom stereocenters. The average Bonchev–Trinajstić information content (AvgIpc) is 2.62. The predicted molar refractivity (Wildman–Crippen MR) is 65.0 cm³/mol. The van der Waals surface area contributed by atoms with E-state index in [4.69, 9.17) is 0 Å². The van der Waals surface area contributed by atoms with Crippen molar-refractivity contribution in [2.75, 3.05) is 6.54 Å². The van der Waals surface area contributed by atoms with Crippen molar-refractivity contribution in [1.82, 2.24) is 10.2 Å². The lowest BCUT2D eigenvalue weighted by Crippen LogP contribution is -2.46. The molecule has 2 fully saturated rings. The number of carbonyl (C=O) groups is 1. The maximum Gasteiger partial charge on any atom is 0.238 e. The van der Waals surface area contributed by atoms with Crippen LogP contribution in [0.15, 0.2) is 0 Å². The lowest BCUT2D eigenvalue weighted by molar-refractivity contribution is -0.131. The van der Waals surface area contributed by atoms with Crippen LogP contribution in [0, 0.1) is 5.92 Å². The van der Waals surface area contributed by atoms with E-state index in [0.29, 0.717) is 24.7 Å². The van der Waals surface area contributed by atoms with E-state index in [9.17, 15) is 4.79 Å². The SMILES string of the molecule is CCCC1NCC(=O)N1C1CCC(C)CC1. The van der Waals surface area contributed by atoms with Gasteiger partial charge in [0.05, 0.1) is 12.7 Å². The Hall–Kier alpha value is -0.570. The van der Waals surface area contributed by atoms with Crippen molar-refractivity contribution < 1.29 is 4.79 Å². The summed E-state index contributed by atoms with van der Waals surface area (Å²) in [4.78, 5) is 14.1. The van der Waals surface area contributed by atoms with Gasteiger partial charge < -0.3 is 4.90 Å². The maximum absolute atomic E-state index is 11.9. The van der Waals surface area contributed by atoms with E-state index in [2.05, 4.69) is 24.1 Å². The second kappa shape index (κ2) is 5.17. The third kappa shape index (κ3) is 2.40. The predicted octanol–water partition coefficient (Wildman–Crippen LogP) is 2.12. The molecule has 1 heterocycles. The molecule has 3 nitrogen and oxygen atoms in total. The topological polar surface area (TPSA) is 32.3 Å². The molecule has 1 aliphatic heterocycles. The van der Waals surface area contributed by atoms with Crippen molar-refractivity contribution in [3.8, 4) is 0 Å². The molecule has 1 unspecified atom stereocenters. The molecular weight excluding hydrogens is 200 g/mol. The van der Waals surface area contributed by atoms with Crippen LogP contribution >= 0.6 is 0 Å². The summed E-state index contributed by atoms with van der Waals surface area (Å²) >= 11 is 0. The minimum Gasteiger partial charge on any atom is -0.323 e. The Bertz CT molecular complexity index is 246. The number of amides is 1. The van der Waals surface area contributed by atoms with E-state index in [-0.39, 0.29) is 0 Å². The lowest BCUT2D eigenvalue weighted by atomic mass is 9.86. The van der Waals surface area contributed by atoms with Gasteiger partial charge in [0.15, 0.2) is 0 Å². The highest BCUT2D eigenvalue weighted by Crippen LogP contribution is 2.29. The second-order valence-corrected chi connectivity index (χ2v) is 5.40. The highest BCUT2D eigenvalue weighted by Gasteiger charge is 2.36. The van der Waals surface area contributed by atoms with Crippen molar-refractivity contribution in [1.29, 1.82) is 0 Å². The van der Waals surface area contributed by atoms with Gasteiger partial charge in [0.25, 0.3) is 0 Å². The summed E-state index contributed by atoms with van der Waals surface area (Å²) in [6.07, 6.45) is 7.53. The van der Waals surface area contributed by atoms with Crippen LogP contribution < -0.4 is 5.32 Å². The standard InChI is InChI=1S/C13H24N2O/c1-3-4-12-14-9-13(16)15(12)11-7-5-10(2)6-8-11/h10-12,14H,3-9H2,1-2H3. The van der Waals surface area contributed by atoms with E-state index >= 15 is 0 Å². The minimum atomic E-state index is 0.316. The summed E-state index contributed by atoms with van der Waals surface area (Å²) in [5.41, 5.74) is 0. The fourth-order valence-corrected chi connectivity index (χ4v) is 3.06. The summed E-state index contributed by atoms with van der Waals surface area (Å²) in [5.74, 6) is 1.17. The van der Waals surface area contributed by atoms with Gasteiger partial charge in [0, 0.05) is 6.04 Å². The van der Waals surface area contributed by atoms with Gasteiger partial charge in [0.2, 0.25) is 5.91 Å². The van der Waals surface area contributed by atoms with Crippen LogP contribution in [0.4, 0.5) is 0 Å². The summed E-state index contributed by atoms with van der Waals surface area (Å²) in [6, 6.07) is 0.509. The maximum atomic E-state index is 11.9. The first-order chi connectivity index (χ1) is 7.72. The van der Waals surface area contributed by atoms with E-state index in [1.165, 1.54) is 25.7 Å². The minimum absolute atomic E-state index is 0.316. The van der Waals surface area contributed by atoms with Crippen LogP contribution in [0.2, 0.25) is 0 Å². The molecule has 1 saturated carbocycles. The molecule has 1 saturated heterocycles. The monoisotopic (exact) mass is 224 g/mol. The Morgan fingerprint density at radius 1 is 1.31 bits per heavy atom. The van der Waals surface area contributed by atoms with Gasteiger partial charge in [-0.2, -0.15) is 0 Å². The van der Waals surface area contributed by atoms with Gasteiger partial charge in [-0.1, -0.05) is 20.3 Å². The third-order valence-electron chi connectivity index (χ3n) is 4.05. The van der Waals surface area contributed by atoms with Crippen molar-refractivity contribution in [3.63, 3.8) is 0 Å². The zero-order chi connectivity index (χ0) is 11.5. The second-order valence-electron chi connectivity index (χ2n) is 5.40. The van der Waals surface area contributed by atoms with Crippen LogP contribution in [-0.4, -0.2) is 29.6 Å². The molecule has 16 heavy (non-hydrogen) atoms. The fraction of sp³-hybridized carbons (Fsp3) is 0.923. The smallest absolute Gasteiger partial charge is 0.238 e. The first-order valence-electron chi connectivity index (χ1n) is 6.77. The average molecular weight is 224 g/mol. The molecule has 0 aromatic rings. The number of hydrogen-bond donors (Lipinski definition) is 1. The summed E-state index contributed by atoms with van der Waals surface area (Å²) in [7, 11) is 0. The summed E-state index contributed by atoms with van der Waals surface area (Å²) in [6.45, 7) is 5.06. The van der Waals surface area contributed by atoms with Crippen LogP contribution in [0.5, 0.6) is 0 Å². The Labute approximate surface area is 98.6 Å². The van der Waals surface area contributed by atoms with Gasteiger partial charge >= 0.3 is 0 Å². The van der Waals surface area contributed by atoms with Crippen molar-refractivity contribution in [3.05, 3.63) is 0 Å². The Kier molecular flexibility index (Phi) is 3.85. The quantitative estimate of drug-likeness (QED) is 0.796. The molecule has 2 aliphatic rings. The first kappa shape index (κ1) is 11.9. The number of nitrogens with zero attached hydrogens (tertiary/aromatic N) is 1. The van der Waals surface area contributed by atoms with Crippen LogP contribution in [0.1, 0.15) is 52.4 Å². The fourth-order valence-electron chi connectivity index (χ4n) is 3.06. The largest absolute Gasteiger partial charge is 0.323 e. The molecule has 92 valence electrons. The van der Waals surface area contributed by atoms with Gasteiger partial charge in [-0.15, -0.1) is 0 Å². The van der Waals surface area contributed by atoms with E-state index < -0.39 is 0 Å². The molecular formula is C13H24N2O. The number of rotatable bonds is 3. The highest BCUT2D eigenvalue weighted by molar-refractivity contribution is 5.81. The Morgan fingerprint density at radius 2 is 2.00 bits per heavy atom. The molecule has 1 aliphatic carbocycles. The normalized spacial score (nSPS) is 35.8. The Balaban J connectivity index is 1.97. The molecule has 1 amide bonds. The van der Waals surface area contributed by atoms with Gasteiger partial charge in [-0.25, -0.2) is 0 Å². The molecule has 1 N–H and O–H groups in total. The molecule has 0 spiro atoms. The highest BCUT2D eigenvalue weighted by atomic mass is 16.2. The van der Waals surface area contributed by atoms with Crippen molar-refractivity contribution in [2.24, 2.45) is 5.92 Å². The number of nitrogens with one attached hydrogen (secondary N) is 1. The van der Waals surface area contributed by atoms with Crippen LogP contribution in [0.3, 0.4) is 0 Å². The molecule has 0 aromatic carbocycles. The molecule has 2 rings (SSSR count). The third-order valence-corrected chi connectivity index (χ3v) is 4.05. The zero-order valence-corrected chi connectivity index (χ0v) is 10.5. The van der Waals surface area contributed by atoms with Crippen molar-refractivity contribution in [2.45, 2.75) is 64.6 Å². The zero-order valence-electron chi connectivity index (χ0n) is 10.5. The lowest BCUT2D eigenvalue weighted by Gasteiger charge is -2.36. The molecule has 3 heteroatoms. The van der Waals surface area contributed by atoms with Gasteiger partial charge in [-0.05, 0) is 38.0 Å². The van der Waals surface area contributed by atoms with Gasteiger partial charge in [0.1, 0.15) is 0 Å². The van der Waals surface area contributed by atoms with Crippen LogP contribution in [-0.2, 0) is 4.79 Å². The number of hydrogen-bond acceptors (Lipinski definition) is 2. The summed E-state index contributed by atoms with van der Waals surface area (Å²) in [5, 5.41) is 3.34. The molecule has 0 radical (unpaired) electrons. The van der Waals surface area contributed by atoms with Crippen LogP contribution in [0.25, 0.3) is 0 Å².